The highest BCUT2D eigenvalue weighted by Gasteiger charge is 2.13. The van der Waals surface area contributed by atoms with Crippen LogP contribution in [0.4, 0.5) is 0 Å². The van der Waals surface area contributed by atoms with Crippen molar-refractivity contribution in [3.63, 3.8) is 0 Å². The number of carbonyl (C=O) groups excluding carboxylic acids is 1. The van der Waals surface area contributed by atoms with Gasteiger partial charge in [-0.15, -0.1) is 0 Å². The lowest BCUT2D eigenvalue weighted by atomic mass is 10.5. The van der Waals surface area contributed by atoms with Gasteiger partial charge in [0.25, 0.3) is 0 Å². The number of sulfone groups is 1. The second-order valence-electron chi connectivity index (χ2n) is 2.31. The van der Waals surface area contributed by atoms with Gasteiger partial charge in [0, 0.05) is 13.2 Å². The molecule has 1 aromatic heterocycles. The van der Waals surface area contributed by atoms with Crippen LogP contribution in [-0.2, 0) is 9.84 Å². The molecule has 1 aromatic rings. The first-order valence-corrected chi connectivity index (χ1v) is 5.79. The summed E-state index contributed by atoms with van der Waals surface area (Å²) in [6, 6.07) is 0. The van der Waals surface area contributed by atoms with E-state index in [0.29, 0.717) is 0 Å². The lowest BCUT2D eigenvalue weighted by Crippen LogP contribution is -1.92. The Morgan fingerprint density at radius 1 is 1.58 bits per heavy atom. The summed E-state index contributed by atoms with van der Waals surface area (Å²) in [4.78, 5) is 14.4. The Morgan fingerprint density at radius 2 is 2.17 bits per heavy atom. The number of hydrogen-bond donors (Lipinski definition) is 0. The van der Waals surface area contributed by atoms with Crippen LogP contribution in [-0.4, -0.2) is 25.4 Å². The van der Waals surface area contributed by atoms with E-state index in [1.807, 2.05) is 0 Å². The Morgan fingerprint density at radius 3 is 2.42 bits per heavy atom. The highest BCUT2D eigenvalue weighted by molar-refractivity contribution is 7.92. The second-order valence-corrected chi connectivity index (χ2v) is 5.59. The molecule has 0 unspecified atom stereocenters. The third-order valence-corrected chi connectivity index (χ3v) is 4.04. The summed E-state index contributed by atoms with van der Waals surface area (Å²) in [5, 5.41) is 0.232. The van der Waals surface area contributed by atoms with Gasteiger partial charge in [0.15, 0.2) is 20.6 Å². The van der Waals surface area contributed by atoms with Crippen molar-refractivity contribution in [2.24, 2.45) is 0 Å². The molecule has 1 rings (SSSR count). The first-order chi connectivity index (χ1) is 5.41. The number of carbonyl (C=O) groups is 1. The highest BCUT2D eigenvalue weighted by Crippen LogP contribution is 2.18. The molecule has 0 saturated heterocycles. The summed E-state index contributed by atoms with van der Waals surface area (Å²) < 4.78 is 22.0. The van der Waals surface area contributed by atoms with E-state index in [1.54, 1.807) is 0 Å². The quantitative estimate of drug-likeness (QED) is 0.668. The van der Waals surface area contributed by atoms with Crippen molar-refractivity contribution < 1.29 is 13.2 Å². The zero-order chi connectivity index (χ0) is 9.35. The molecule has 0 N–H and O–H groups in total. The van der Waals surface area contributed by atoms with Gasteiger partial charge in [-0.25, -0.2) is 13.4 Å². The Labute approximate surface area is 74.2 Å². The Bertz CT molecular complexity index is 404. The monoisotopic (exact) mass is 205 g/mol. The number of Topliss-reactive ketones (excluding diaryl/α,β-unsaturated/α-hetero) is 1. The molecule has 0 aliphatic rings. The number of nitrogens with zero attached hydrogens (tertiary/aromatic N) is 1. The van der Waals surface area contributed by atoms with Crippen molar-refractivity contribution >= 4 is 27.0 Å². The van der Waals surface area contributed by atoms with Crippen LogP contribution in [0.3, 0.4) is 0 Å². The maximum absolute atomic E-state index is 10.9. The molecule has 1 heterocycles. The molecule has 0 aliphatic carbocycles. The molecule has 0 saturated carbocycles. The molecular weight excluding hydrogens is 198 g/mol. The summed E-state index contributed by atoms with van der Waals surface area (Å²) >= 11 is 0.899. The highest BCUT2D eigenvalue weighted by atomic mass is 32.2. The molecular formula is C6H7NO3S2. The SMILES string of the molecule is CC(=O)c1ncc(S(C)(=O)=O)s1. The molecule has 0 radical (unpaired) electrons. The summed E-state index contributed by atoms with van der Waals surface area (Å²) in [5.74, 6) is -0.213. The molecule has 6 heteroatoms. The van der Waals surface area contributed by atoms with Crippen molar-refractivity contribution in [3.05, 3.63) is 11.2 Å². The van der Waals surface area contributed by atoms with Crippen molar-refractivity contribution in [2.75, 3.05) is 6.26 Å². The summed E-state index contributed by atoms with van der Waals surface area (Å²) in [6.07, 6.45) is 2.29. The predicted molar refractivity (Wildman–Crippen MR) is 45.2 cm³/mol. The summed E-state index contributed by atoms with van der Waals surface area (Å²) in [7, 11) is -3.21. The molecule has 0 amide bonds. The zero-order valence-corrected chi connectivity index (χ0v) is 8.20. The smallest absolute Gasteiger partial charge is 0.188 e. The van der Waals surface area contributed by atoms with Crippen LogP contribution < -0.4 is 0 Å². The van der Waals surface area contributed by atoms with Crippen molar-refractivity contribution in [2.45, 2.75) is 11.1 Å². The Hall–Kier alpha value is -0.750. The van der Waals surface area contributed by atoms with Crippen LogP contribution in [0, 0.1) is 0 Å². The van der Waals surface area contributed by atoms with E-state index >= 15 is 0 Å². The largest absolute Gasteiger partial charge is 0.292 e. The Kier molecular flexibility index (Phi) is 2.29. The van der Waals surface area contributed by atoms with Crippen LogP contribution in [0.15, 0.2) is 10.4 Å². The predicted octanol–water partition coefficient (Wildman–Crippen LogP) is 0.749. The first kappa shape index (κ1) is 9.34. The number of aromatic nitrogens is 1. The zero-order valence-electron chi connectivity index (χ0n) is 6.57. The topological polar surface area (TPSA) is 64.1 Å². The fourth-order valence-electron chi connectivity index (χ4n) is 0.594. The van der Waals surface area contributed by atoms with E-state index in [0.717, 1.165) is 17.6 Å². The molecule has 0 aliphatic heterocycles. The standard InChI is InChI=1S/C6H7NO3S2/c1-4(8)6-7-3-5(11-6)12(2,9)10/h3H,1-2H3. The molecule has 12 heavy (non-hydrogen) atoms. The molecule has 0 spiro atoms. The fourth-order valence-corrected chi connectivity index (χ4v) is 2.23. The molecule has 0 fully saturated rings. The minimum Gasteiger partial charge on any atom is -0.292 e. The summed E-state index contributed by atoms with van der Waals surface area (Å²) in [5.41, 5.74) is 0. The van der Waals surface area contributed by atoms with Crippen molar-refractivity contribution in [1.29, 1.82) is 0 Å². The van der Waals surface area contributed by atoms with Gasteiger partial charge in [-0.1, -0.05) is 11.3 Å². The van der Waals surface area contributed by atoms with Crippen molar-refractivity contribution in [3.8, 4) is 0 Å². The van der Waals surface area contributed by atoms with Gasteiger partial charge in [-0.3, -0.25) is 4.79 Å². The van der Waals surface area contributed by atoms with Gasteiger partial charge in [-0.2, -0.15) is 0 Å². The average Bonchev–Trinajstić information content (AvgIpc) is 2.30. The van der Waals surface area contributed by atoms with Gasteiger partial charge < -0.3 is 0 Å². The lowest BCUT2D eigenvalue weighted by molar-refractivity contribution is 0.101. The third-order valence-electron chi connectivity index (χ3n) is 1.15. The van der Waals surface area contributed by atoms with Crippen molar-refractivity contribution in [1.82, 2.24) is 4.98 Å². The molecule has 66 valence electrons. The Balaban J connectivity index is 3.17. The van der Waals surface area contributed by atoms with Gasteiger partial charge in [0.2, 0.25) is 0 Å². The average molecular weight is 205 g/mol. The molecule has 0 aromatic carbocycles. The fraction of sp³-hybridized carbons (Fsp3) is 0.333. The van der Waals surface area contributed by atoms with Crippen LogP contribution >= 0.6 is 11.3 Å². The van der Waals surface area contributed by atoms with Gasteiger partial charge >= 0.3 is 0 Å². The van der Waals surface area contributed by atoms with Crippen LogP contribution in [0.2, 0.25) is 0 Å². The number of hydrogen-bond acceptors (Lipinski definition) is 5. The minimum atomic E-state index is -3.21. The molecule has 0 bridgehead atoms. The van der Waals surface area contributed by atoms with Gasteiger partial charge in [-0.05, 0) is 0 Å². The number of rotatable bonds is 2. The molecule has 0 atom stereocenters. The van der Waals surface area contributed by atoms with Crippen LogP contribution in [0.5, 0.6) is 0 Å². The van der Waals surface area contributed by atoms with Crippen LogP contribution in [0.25, 0.3) is 0 Å². The van der Waals surface area contributed by atoms with E-state index in [9.17, 15) is 13.2 Å². The molecule has 4 nitrogen and oxygen atoms in total. The van der Waals surface area contributed by atoms with E-state index in [2.05, 4.69) is 4.98 Å². The normalized spacial score (nSPS) is 11.5. The number of thiazole rings is 1. The maximum Gasteiger partial charge on any atom is 0.188 e. The van der Waals surface area contributed by atoms with Crippen LogP contribution in [0.1, 0.15) is 16.7 Å². The maximum atomic E-state index is 10.9. The van der Waals surface area contributed by atoms with E-state index in [-0.39, 0.29) is 15.0 Å². The van der Waals surface area contributed by atoms with Gasteiger partial charge in [0.05, 0.1) is 6.20 Å². The lowest BCUT2D eigenvalue weighted by Gasteiger charge is -1.86. The third kappa shape index (κ3) is 1.89. The first-order valence-electron chi connectivity index (χ1n) is 3.08. The van der Waals surface area contributed by atoms with E-state index in [4.69, 9.17) is 0 Å². The summed E-state index contributed by atoms with van der Waals surface area (Å²) in [6.45, 7) is 1.35. The second kappa shape index (κ2) is 2.95. The number of ketones is 1. The van der Waals surface area contributed by atoms with Gasteiger partial charge in [0.1, 0.15) is 4.21 Å². The van der Waals surface area contributed by atoms with E-state index in [1.165, 1.54) is 13.1 Å². The minimum absolute atomic E-state index is 0.132. The van der Waals surface area contributed by atoms with E-state index < -0.39 is 9.84 Å².